The van der Waals surface area contributed by atoms with Crippen molar-refractivity contribution in [2.75, 3.05) is 13.2 Å². The molecule has 0 aliphatic carbocycles. The fraction of sp³-hybridized carbons (Fsp3) is 0.222. The highest BCUT2D eigenvalue weighted by Gasteiger charge is 2.27. The molecule has 8 heteroatoms. The lowest BCUT2D eigenvalue weighted by atomic mass is 9.97. The Labute approximate surface area is 158 Å². The first-order valence-corrected chi connectivity index (χ1v) is 8.76. The summed E-state index contributed by atoms with van der Waals surface area (Å²) in [6, 6.07) is 3.06. The Morgan fingerprint density at radius 3 is 2.88 bits per heavy atom. The predicted octanol–water partition coefficient (Wildman–Crippen LogP) is 3.55. The number of aliphatic hydroxyl groups is 1. The van der Waals surface area contributed by atoms with E-state index >= 15 is 0 Å². The number of aromatic nitrogens is 2. The molecule has 0 saturated heterocycles. The smallest absolute Gasteiger partial charge is 0.248 e. The van der Waals surface area contributed by atoms with E-state index in [-0.39, 0.29) is 5.91 Å². The number of hydrogen-bond acceptors (Lipinski definition) is 3. The van der Waals surface area contributed by atoms with Crippen LogP contribution in [0.1, 0.15) is 11.3 Å². The number of pyridine rings is 1. The van der Waals surface area contributed by atoms with Gasteiger partial charge in [0.1, 0.15) is 12.4 Å². The maximum atomic E-state index is 13.7. The molecule has 3 aromatic rings. The molecule has 0 atom stereocenters. The Bertz CT molecular complexity index is 1030. The zero-order valence-corrected chi connectivity index (χ0v) is 15.0. The summed E-state index contributed by atoms with van der Waals surface area (Å²) in [4.78, 5) is 20.7. The van der Waals surface area contributed by atoms with Crippen LogP contribution >= 0.6 is 23.2 Å². The van der Waals surface area contributed by atoms with E-state index in [1.54, 1.807) is 17.2 Å². The molecule has 1 amide bonds. The SMILES string of the molecule is O=C(CO)N1CCc2[nH]c3c(Cl)c(Cl)cc(-c4cncc(F)c4)c3c2C1. The van der Waals surface area contributed by atoms with E-state index < -0.39 is 12.4 Å². The van der Waals surface area contributed by atoms with Gasteiger partial charge >= 0.3 is 0 Å². The van der Waals surface area contributed by atoms with Crippen molar-refractivity contribution in [2.45, 2.75) is 13.0 Å². The molecule has 0 radical (unpaired) electrons. The van der Waals surface area contributed by atoms with Crippen LogP contribution < -0.4 is 0 Å². The van der Waals surface area contributed by atoms with E-state index in [0.717, 1.165) is 22.8 Å². The van der Waals surface area contributed by atoms with Crippen LogP contribution in [-0.2, 0) is 17.8 Å². The molecule has 134 valence electrons. The maximum Gasteiger partial charge on any atom is 0.248 e. The highest BCUT2D eigenvalue weighted by atomic mass is 35.5. The van der Waals surface area contributed by atoms with Crippen LogP contribution in [0.4, 0.5) is 4.39 Å². The zero-order valence-electron chi connectivity index (χ0n) is 13.5. The van der Waals surface area contributed by atoms with E-state index in [9.17, 15) is 9.18 Å². The van der Waals surface area contributed by atoms with Gasteiger partial charge in [-0.05, 0) is 17.7 Å². The Balaban J connectivity index is 1.97. The minimum atomic E-state index is -0.537. The number of fused-ring (bicyclic) bond motifs is 3. The molecule has 26 heavy (non-hydrogen) atoms. The number of carbonyl (C=O) groups excluding carboxylic acids is 1. The second-order valence-corrected chi connectivity index (χ2v) is 6.95. The van der Waals surface area contributed by atoms with Gasteiger partial charge in [-0.1, -0.05) is 23.2 Å². The van der Waals surface area contributed by atoms with Crippen LogP contribution in [0.5, 0.6) is 0 Å². The summed E-state index contributed by atoms with van der Waals surface area (Å²) in [5.41, 5.74) is 3.77. The lowest BCUT2D eigenvalue weighted by Gasteiger charge is -2.27. The number of carbonyl (C=O) groups is 1. The standard InChI is InChI=1S/C18H14Cl2FN3O2/c19-13-4-11(9-3-10(21)6-22-5-9)16-12-7-24(15(26)8-25)2-1-14(12)23-18(16)17(13)20/h3-6,23,25H,1-2,7-8H2. The van der Waals surface area contributed by atoms with Gasteiger partial charge in [-0.15, -0.1) is 0 Å². The van der Waals surface area contributed by atoms with Gasteiger partial charge in [-0.25, -0.2) is 4.39 Å². The summed E-state index contributed by atoms with van der Waals surface area (Å²) < 4.78 is 13.7. The molecule has 4 rings (SSSR count). The van der Waals surface area contributed by atoms with Crippen LogP contribution in [0.25, 0.3) is 22.0 Å². The molecule has 1 aromatic carbocycles. The second-order valence-electron chi connectivity index (χ2n) is 6.17. The first-order valence-electron chi connectivity index (χ1n) is 8.00. The van der Waals surface area contributed by atoms with Crippen molar-refractivity contribution in [3.8, 4) is 11.1 Å². The van der Waals surface area contributed by atoms with E-state index in [1.807, 2.05) is 0 Å². The number of amides is 1. The number of rotatable bonds is 2. The van der Waals surface area contributed by atoms with Gasteiger partial charge in [0, 0.05) is 47.9 Å². The number of aromatic amines is 1. The Morgan fingerprint density at radius 2 is 2.15 bits per heavy atom. The third kappa shape index (κ3) is 2.74. The van der Waals surface area contributed by atoms with Crippen LogP contribution in [0.3, 0.4) is 0 Å². The molecule has 1 aliphatic heterocycles. The van der Waals surface area contributed by atoms with Gasteiger partial charge in [0.25, 0.3) is 0 Å². The number of nitrogens with zero attached hydrogens (tertiary/aromatic N) is 2. The molecule has 0 saturated carbocycles. The summed E-state index contributed by atoms with van der Waals surface area (Å²) in [7, 11) is 0. The highest BCUT2D eigenvalue weighted by Crippen LogP contribution is 2.42. The summed E-state index contributed by atoms with van der Waals surface area (Å²) in [6.07, 6.45) is 3.29. The second kappa shape index (κ2) is 6.54. The first kappa shape index (κ1) is 17.3. The minimum absolute atomic E-state index is 0.334. The van der Waals surface area contributed by atoms with Crippen LogP contribution in [0, 0.1) is 5.82 Å². The molecule has 0 bridgehead atoms. The van der Waals surface area contributed by atoms with Crippen LogP contribution in [-0.4, -0.2) is 39.0 Å². The summed E-state index contributed by atoms with van der Waals surface area (Å²) in [5.74, 6) is -0.790. The molecule has 0 spiro atoms. The van der Waals surface area contributed by atoms with Gasteiger partial charge in [0.05, 0.1) is 21.8 Å². The van der Waals surface area contributed by atoms with E-state index in [2.05, 4.69) is 9.97 Å². The highest BCUT2D eigenvalue weighted by molar-refractivity contribution is 6.45. The Hall–Kier alpha value is -2.15. The number of nitrogens with one attached hydrogen (secondary N) is 1. The number of aliphatic hydroxyl groups excluding tert-OH is 1. The monoisotopic (exact) mass is 393 g/mol. The van der Waals surface area contributed by atoms with Crippen LogP contribution in [0.15, 0.2) is 24.5 Å². The first-order chi connectivity index (χ1) is 12.5. The lowest BCUT2D eigenvalue weighted by molar-refractivity contribution is -0.135. The third-order valence-electron chi connectivity index (χ3n) is 4.65. The van der Waals surface area contributed by atoms with Gasteiger partial charge in [0.15, 0.2) is 0 Å². The van der Waals surface area contributed by atoms with Crippen LogP contribution in [0.2, 0.25) is 10.0 Å². The molecule has 2 N–H and O–H groups in total. The number of halogens is 3. The molecule has 0 fully saturated rings. The molecular formula is C18H14Cl2FN3O2. The lowest BCUT2D eigenvalue weighted by Crippen LogP contribution is -2.37. The Morgan fingerprint density at radius 1 is 1.35 bits per heavy atom. The number of hydrogen-bond donors (Lipinski definition) is 2. The van der Waals surface area contributed by atoms with Crippen molar-refractivity contribution in [1.29, 1.82) is 0 Å². The van der Waals surface area contributed by atoms with Gasteiger partial charge in [0.2, 0.25) is 5.91 Å². The van der Waals surface area contributed by atoms with Gasteiger partial charge in [-0.2, -0.15) is 0 Å². The topological polar surface area (TPSA) is 69.2 Å². The van der Waals surface area contributed by atoms with Gasteiger partial charge in [-0.3, -0.25) is 9.78 Å². The van der Waals surface area contributed by atoms with E-state index in [4.69, 9.17) is 28.3 Å². The predicted molar refractivity (Wildman–Crippen MR) is 97.7 cm³/mol. The zero-order chi connectivity index (χ0) is 18.4. The average molecular weight is 394 g/mol. The van der Waals surface area contributed by atoms with Crippen molar-refractivity contribution < 1.29 is 14.3 Å². The summed E-state index contributed by atoms with van der Waals surface area (Å²) in [6.45, 7) is 0.300. The summed E-state index contributed by atoms with van der Waals surface area (Å²) in [5, 5.41) is 10.7. The minimum Gasteiger partial charge on any atom is -0.387 e. The van der Waals surface area contributed by atoms with Crippen molar-refractivity contribution in [3.63, 3.8) is 0 Å². The fourth-order valence-corrected chi connectivity index (χ4v) is 3.84. The van der Waals surface area contributed by atoms with Crippen molar-refractivity contribution in [1.82, 2.24) is 14.9 Å². The van der Waals surface area contributed by atoms with Crippen molar-refractivity contribution >= 4 is 40.0 Å². The molecule has 0 unspecified atom stereocenters. The number of benzene rings is 1. The summed E-state index contributed by atoms with van der Waals surface area (Å²) >= 11 is 12.7. The quantitative estimate of drug-likeness (QED) is 0.699. The normalized spacial score (nSPS) is 13.9. The molecule has 2 aromatic heterocycles. The molecule has 3 heterocycles. The van der Waals surface area contributed by atoms with Gasteiger partial charge < -0.3 is 15.0 Å². The average Bonchev–Trinajstić information content (AvgIpc) is 3.03. The van der Waals surface area contributed by atoms with Crippen molar-refractivity contribution in [2.24, 2.45) is 0 Å². The third-order valence-corrected chi connectivity index (χ3v) is 5.43. The van der Waals surface area contributed by atoms with E-state index in [0.29, 0.717) is 46.2 Å². The number of H-pyrrole nitrogens is 1. The molecular weight excluding hydrogens is 380 g/mol. The van der Waals surface area contributed by atoms with Crippen molar-refractivity contribution in [3.05, 3.63) is 51.6 Å². The van der Waals surface area contributed by atoms with E-state index in [1.165, 1.54) is 6.07 Å². The molecule has 5 nitrogen and oxygen atoms in total. The largest absolute Gasteiger partial charge is 0.387 e. The fourth-order valence-electron chi connectivity index (χ4n) is 3.44. The Kier molecular flexibility index (Phi) is 4.34. The maximum absolute atomic E-state index is 13.7. The molecule has 1 aliphatic rings.